The SMILES string of the molecule is CCNC(=O)N1C[C@H](c2n[nH]c(=O)s2)[C@H](NC(=O)c2ccc(OCc3cc(C)nc4ccccc34)cc2)C1. The number of pyridine rings is 1. The fourth-order valence-electron chi connectivity index (χ4n) is 4.66. The zero-order chi connectivity index (χ0) is 26.6. The number of hydrogen-bond donors (Lipinski definition) is 3. The van der Waals surface area contributed by atoms with Crippen LogP contribution in [0.1, 0.15) is 39.5 Å². The zero-order valence-electron chi connectivity index (χ0n) is 21.1. The first-order chi connectivity index (χ1) is 18.4. The highest BCUT2D eigenvalue weighted by Gasteiger charge is 2.39. The van der Waals surface area contributed by atoms with Gasteiger partial charge in [0, 0.05) is 41.8 Å². The number of aromatic amines is 1. The number of ether oxygens (including phenoxy) is 1. The lowest BCUT2D eigenvalue weighted by molar-refractivity contribution is 0.0935. The van der Waals surface area contributed by atoms with Crippen molar-refractivity contribution in [2.45, 2.75) is 32.4 Å². The van der Waals surface area contributed by atoms with E-state index < -0.39 is 0 Å². The van der Waals surface area contributed by atoms with Crippen molar-refractivity contribution >= 4 is 34.2 Å². The standard InChI is InChI=1S/C27H28N6O4S/c1-3-28-26(35)33-13-21(25-31-32-27(36)38-25)23(14-33)30-24(34)17-8-10-19(11-9-17)37-15-18-12-16(2)29-22-7-5-4-6-20(18)22/h4-12,21,23H,3,13-15H2,1-2H3,(H,28,35)(H,30,34)(H,32,36)/t21-,23+/m0/s1. The van der Waals surface area contributed by atoms with Crippen molar-refractivity contribution in [1.82, 2.24) is 30.7 Å². The van der Waals surface area contributed by atoms with Crippen molar-refractivity contribution in [3.8, 4) is 5.75 Å². The first-order valence-corrected chi connectivity index (χ1v) is 13.2. The van der Waals surface area contributed by atoms with Crippen LogP contribution in [0.2, 0.25) is 0 Å². The van der Waals surface area contributed by atoms with Gasteiger partial charge < -0.3 is 20.3 Å². The first kappa shape index (κ1) is 25.4. The average Bonchev–Trinajstić information content (AvgIpc) is 3.53. The van der Waals surface area contributed by atoms with Crippen LogP contribution in [-0.4, -0.2) is 57.7 Å². The Morgan fingerprint density at radius 2 is 1.95 bits per heavy atom. The second-order valence-electron chi connectivity index (χ2n) is 9.13. The van der Waals surface area contributed by atoms with Gasteiger partial charge in [0.05, 0.1) is 17.5 Å². The van der Waals surface area contributed by atoms with Crippen LogP contribution in [0.5, 0.6) is 5.75 Å². The largest absolute Gasteiger partial charge is 0.489 e. The van der Waals surface area contributed by atoms with E-state index in [1.807, 2.05) is 44.2 Å². The van der Waals surface area contributed by atoms with Crippen molar-refractivity contribution in [2.75, 3.05) is 19.6 Å². The fourth-order valence-corrected chi connectivity index (χ4v) is 5.42. The number of fused-ring (bicyclic) bond motifs is 1. The lowest BCUT2D eigenvalue weighted by Crippen LogP contribution is -2.42. The van der Waals surface area contributed by atoms with Gasteiger partial charge in [0.25, 0.3) is 5.91 Å². The minimum absolute atomic E-state index is 0.212. The van der Waals surface area contributed by atoms with Gasteiger partial charge >= 0.3 is 10.9 Å². The van der Waals surface area contributed by atoms with E-state index >= 15 is 0 Å². The molecule has 4 aromatic rings. The third-order valence-electron chi connectivity index (χ3n) is 6.46. The highest BCUT2D eigenvalue weighted by atomic mass is 32.1. The van der Waals surface area contributed by atoms with E-state index in [4.69, 9.17) is 4.74 Å². The molecule has 0 bridgehead atoms. The van der Waals surface area contributed by atoms with Crippen LogP contribution in [0, 0.1) is 6.92 Å². The number of urea groups is 1. The van der Waals surface area contributed by atoms with Gasteiger partial charge in [0.1, 0.15) is 17.4 Å². The van der Waals surface area contributed by atoms with Crippen LogP contribution in [0.3, 0.4) is 0 Å². The highest BCUT2D eigenvalue weighted by molar-refractivity contribution is 7.08. The number of aromatic nitrogens is 3. The Balaban J connectivity index is 1.26. The molecule has 0 spiro atoms. The Bertz CT molecular complexity index is 1520. The third-order valence-corrected chi connectivity index (χ3v) is 7.34. The molecule has 0 unspecified atom stereocenters. The van der Waals surface area contributed by atoms with E-state index in [2.05, 4.69) is 25.8 Å². The molecule has 3 heterocycles. The van der Waals surface area contributed by atoms with Crippen LogP contribution in [-0.2, 0) is 6.61 Å². The van der Waals surface area contributed by atoms with E-state index in [1.54, 1.807) is 29.2 Å². The Kier molecular flexibility index (Phi) is 7.36. The summed E-state index contributed by atoms with van der Waals surface area (Å²) in [5.41, 5.74) is 3.36. The smallest absolute Gasteiger partial charge is 0.322 e. The zero-order valence-corrected chi connectivity index (χ0v) is 21.9. The number of H-pyrrole nitrogens is 1. The number of amides is 3. The molecule has 1 fully saturated rings. The number of rotatable bonds is 7. The third kappa shape index (κ3) is 5.52. The maximum absolute atomic E-state index is 13.1. The molecule has 11 heteroatoms. The van der Waals surface area contributed by atoms with E-state index in [1.165, 1.54) is 0 Å². The summed E-state index contributed by atoms with van der Waals surface area (Å²) in [6.45, 7) is 5.35. The molecule has 0 saturated carbocycles. The lowest BCUT2D eigenvalue weighted by Gasteiger charge is -2.18. The summed E-state index contributed by atoms with van der Waals surface area (Å²) in [5, 5.41) is 13.9. The molecule has 0 aliphatic carbocycles. The van der Waals surface area contributed by atoms with Gasteiger partial charge in [-0.3, -0.25) is 14.6 Å². The number of benzene rings is 2. The van der Waals surface area contributed by atoms with Gasteiger partial charge in [-0.25, -0.2) is 9.89 Å². The Hall–Kier alpha value is -4.25. The topological polar surface area (TPSA) is 129 Å². The molecule has 38 heavy (non-hydrogen) atoms. The highest BCUT2D eigenvalue weighted by Crippen LogP contribution is 2.28. The molecular formula is C27H28N6O4S. The second kappa shape index (κ2) is 11.0. The van der Waals surface area contributed by atoms with E-state index in [0.717, 1.165) is 33.5 Å². The summed E-state index contributed by atoms with van der Waals surface area (Å²) >= 11 is 0.993. The van der Waals surface area contributed by atoms with Crippen LogP contribution in [0.25, 0.3) is 10.9 Å². The summed E-state index contributed by atoms with van der Waals surface area (Å²) in [4.78, 5) is 43.1. The molecule has 0 radical (unpaired) electrons. The molecule has 5 rings (SSSR count). The molecule has 2 aromatic heterocycles. The van der Waals surface area contributed by atoms with Gasteiger partial charge in [0.15, 0.2) is 0 Å². The molecule has 196 valence electrons. The molecule has 2 atom stereocenters. The molecule has 1 aliphatic heterocycles. The average molecular weight is 533 g/mol. The van der Waals surface area contributed by atoms with Crippen molar-refractivity contribution in [3.05, 3.63) is 86.1 Å². The van der Waals surface area contributed by atoms with Gasteiger partial charge in [-0.15, -0.1) is 0 Å². The van der Waals surface area contributed by atoms with E-state index in [-0.39, 0.29) is 28.8 Å². The molecular weight excluding hydrogens is 504 g/mol. The van der Waals surface area contributed by atoms with Gasteiger partial charge in [0.2, 0.25) is 0 Å². The lowest BCUT2D eigenvalue weighted by atomic mass is 10.0. The molecule has 2 aromatic carbocycles. The molecule has 10 nitrogen and oxygen atoms in total. The van der Waals surface area contributed by atoms with Crippen molar-refractivity contribution in [1.29, 1.82) is 0 Å². The van der Waals surface area contributed by atoms with Gasteiger partial charge in [-0.2, -0.15) is 5.10 Å². The predicted molar refractivity (Wildman–Crippen MR) is 145 cm³/mol. The Morgan fingerprint density at radius 3 is 2.68 bits per heavy atom. The van der Waals surface area contributed by atoms with Crippen LogP contribution in [0.15, 0.2) is 59.4 Å². The summed E-state index contributed by atoms with van der Waals surface area (Å²) < 4.78 is 6.01. The minimum Gasteiger partial charge on any atom is -0.489 e. The van der Waals surface area contributed by atoms with Crippen LogP contribution >= 0.6 is 11.3 Å². The number of hydrogen-bond acceptors (Lipinski definition) is 7. The maximum atomic E-state index is 13.1. The summed E-state index contributed by atoms with van der Waals surface area (Å²) in [5.74, 6) is 0.0808. The van der Waals surface area contributed by atoms with E-state index in [0.29, 0.717) is 42.6 Å². The second-order valence-corrected chi connectivity index (χ2v) is 10.1. The summed E-state index contributed by atoms with van der Waals surface area (Å²) in [6.07, 6.45) is 0. The summed E-state index contributed by atoms with van der Waals surface area (Å²) in [6, 6.07) is 16.3. The predicted octanol–water partition coefficient (Wildman–Crippen LogP) is 3.19. The number of para-hydroxylation sites is 1. The van der Waals surface area contributed by atoms with Crippen molar-refractivity contribution in [2.24, 2.45) is 0 Å². The maximum Gasteiger partial charge on any atom is 0.322 e. The number of likely N-dealkylation sites (tertiary alicyclic amines) is 1. The van der Waals surface area contributed by atoms with Crippen LogP contribution < -0.4 is 20.2 Å². The molecule has 1 saturated heterocycles. The van der Waals surface area contributed by atoms with Crippen LogP contribution in [0.4, 0.5) is 4.79 Å². The minimum atomic E-state index is -0.386. The van der Waals surface area contributed by atoms with Crippen molar-refractivity contribution in [3.63, 3.8) is 0 Å². The number of carbonyl (C=O) groups excluding carboxylic acids is 2. The Morgan fingerprint density at radius 1 is 1.16 bits per heavy atom. The first-order valence-electron chi connectivity index (χ1n) is 12.4. The summed E-state index contributed by atoms with van der Waals surface area (Å²) in [7, 11) is 0. The number of nitrogens with zero attached hydrogens (tertiary/aromatic N) is 3. The van der Waals surface area contributed by atoms with E-state index in [9.17, 15) is 14.4 Å². The fraction of sp³-hybridized carbons (Fsp3) is 0.296. The molecule has 1 aliphatic rings. The van der Waals surface area contributed by atoms with Gasteiger partial charge in [-0.1, -0.05) is 29.5 Å². The molecule has 3 N–H and O–H groups in total. The van der Waals surface area contributed by atoms with Gasteiger partial charge in [-0.05, 0) is 50.2 Å². The quantitative estimate of drug-likeness (QED) is 0.335. The monoisotopic (exact) mass is 532 g/mol. The van der Waals surface area contributed by atoms with Crippen molar-refractivity contribution < 1.29 is 14.3 Å². The normalized spacial score (nSPS) is 16.9. The number of nitrogens with one attached hydrogen (secondary N) is 3. The number of carbonyl (C=O) groups is 2. The molecule has 3 amide bonds. The number of aryl methyl sites for hydroxylation is 1. The Labute approximate surface area is 223 Å².